The van der Waals surface area contributed by atoms with Gasteiger partial charge < -0.3 is 15.0 Å². The molecule has 2 aromatic heterocycles. The number of aryl methyl sites for hydroxylation is 2. The van der Waals surface area contributed by atoms with Crippen LogP contribution in [0.4, 0.5) is 5.82 Å². The second-order valence-corrected chi connectivity index (χ2v) is 10.6. The van der Waals surface area contributed by atoms with E-state index in [4.69, 9.17) is 15.5 Å². The van der Waals surface area contributed by atoms with E-state index in [0.29, 0.717) is 31.0 Å². The number of pyridine rings is 1. The Morgan fingerprint density at radius 1 is 1.06 bits per heavy atom. The molecule has 0 aliphatic heterocycles. The summed E-state index contributed by atoms with van der Waals surface area (Å²) in [7, 11) is -3.19. The number of nitrogens with two attached hydrogens (primary N) is 1. The van der Waals surface area contributed by atoms with Crippen molar-refractivity contribution in [2.45, 2.75) is 52.2 Å². The number of nitrogens with one attached hydrogen (secondary N) is 1. The van der Waals surface area contributed by atoms with Gasteiger partial charge >= 0.3 is 0 Å². The number of nitrogen functional groups attached to an aromatic ring is 1. The minimum atomic E-state index is -3.19. The summed E-state index contributed by atoms with van der Waals surface area (Å²) in [5, 5.41) is 0.948. The van der Waals surface area contributed by atoms with E-state index in [1.807, 2.05) is 48.5 Å². The molecule has 4 rings (SSSR count). The lowest BCUT2D eigenvalue weighted by molar-refractivity contribution is 0.306. The number of nitrogens with zero attached hydrogens (tertiary/aromatic N) is 3. The van der Waals surface area contributed by atoms with Gasteiger partial charge in [-0.3, -0.25) is 0 Å². The minimum absolute atomic E-state index is 0.414. The zero-order valence-corrected chi connectivity index (χ0v) is 21.1. The van der Waals surface area contributed by atoms with Crippen LogP contribution in [0.15, 0.2) is 48.5 Å². The molecule has 2 heterocycles. The first-order chi connectivity index (χ1) is 16.9. The molecule has 3 N–H and O–H groups in total. The van der Waals surface area contributed by atoms with Crippen LogP contribution < -0.4 is 15.2 Å². The average Bonchev–Trinajstić information content (AvgIpc) is 3.20. The van der Waals surface area contributed by atoms with Crippen LogP contribution >= 0.6 is 0 Å². The molecule has 0 unspecified atom stereocenters. The van der Waals surface area contributed by atoms with Crippen molar-refractivity contribution in [1.82, 2.24) is 19.3 Å². The Balaban J connectivity index is 1.67. The van der Waals surface area contributed by atoms with E-state index in [9.17, 15) is 8.42 Å². The van der Waals surface area contributed by atoms with Crippen molar-refractivity contribution in [3.8, 4) is 5.75 Å². The third-order valence-corrected chi connectivity index (χ3v) is 6.66. The number of sulfonamides is 1. The van der Waals surface area contributed by atoms with Gasteiger partial charge in [-0.25, -0.2) is 23.1 Å². The van der Waals surface area contributed by atoms with Gasteiger partial charge in [0.15, 0.2) is 5.82 Å². The van der Waals surface area contributed by atoms with Crippen LogP contribution in [0.3, 0.4) is 0 Å². The molecule has 0 saturated heterocycles. The van der Waals surface area contributed by atoms with Crippen LogP contribution in [0, 0.1) is 0 Å². The maximum Gasteiger partial charge on any atom is 0.208 e. The fourth-order valence-electron chi connectivity index (χ4n) is 4.19. The molecule has 0 saturated carbocycles. The van der Waals surface area contributed by atoms with Crippen molar-refractivity contribution >= 4 is 37.8 Å². The van der Waals surface area contributed by atoms with Gasteiger partial charge in [0.2, 0.25) is 10.0 Å². The van der Waals surface area contributed by atoms with E-state index in [1.54, 1.807) is 0 Å². The summed E-state index contributed by atoms with van der Waals surface area (Å²) in [5.41, 5.74) is 9.90. The van der Waals surface area contributed by atoms with Gasteiger partial charge in [0.25, 0.3) is 0 Å². The molecule has 8 nitrogen and oxygen atoms in total. The van der Waals surface area contributed by atoms with Gasteiger partial charge in [-0.2, -0.15) is 0 Å². The van der Waals surface area contributed by atoms with Crippen LogP contribution in [0.25, 0.3) is 21.9 Å². The highest BCUT2D eigenvalue weighted by atomic mass is 32.2. The first kappa shape index (κ1) is 24.9. The van der Waals surface area contributed by atoms with Gasteiger partial charge in [-0.05, 0) is 43.0 Å². The van der Waals surface area contributed by atoms with Crippen LogP contribution in [0.1, 0.15) is 44.0 Å². The molecule has 0 bridgehead atoms. The molecule has 186 valence electrons. The van der Waals surface area contributed by atoms with E-state index >= 15 is 0 Å². The number of ether oxygens (including phenoxy) is 1. The summed E-state index contributed by atoms with van der Waals surface area (Å²) in [6.45, 7) is 3.77. The van der Waals surface area contributed by atoms with E-state index in [2.05, 4.69) is 21.2 Å². The topological polar surface area (TPSA) is 112 Å². The lowest BCUT2D eigenvalue weighted by Gasteiger charge is -2.12. The van der Waals surface area contributed by atoms with Crippen molar-refractivity contribution < 1.29 is 13.2 Å². The zero-order valence-electron chi connectivity index (χ0n) is 20.3. The molecule has 0 atom stereocenters. The summed E-state index contributed by atoms with van der Waals surface area (Å²) < 4.78 is 33.6. The highest BCUT2D eigenvalue weighted by Crippen LogP contribution is 2.32. The highest BCUT2D eigenvalue weighted by molar-refractivity contribution is 7.88. The van der Waals surface area contributed by atoms with E-state index in [1.165, 1.54) is 6.26 Å². The zero-order chi connectivity index (χ0) is 24.8. The minimum Gasteiger partial charge on any atom is -0.489 e. The number of imidazole rings is 1. The summed E-state index contributed by atoms with van der Waals surface area (Å²) in [4.78, 5) is 9.49. The summed E-state index contributed by atoms with van der Waals surface area (Å²) in [6.07, 6.45) is 5.64. The van der Waals surface area contributed by atoms with Crippen molar-refractivity contribution in [3.63, 3.8) is 0 Å². The molecule has 0 aliphatic rings. The summed E-state index contributed by atoms with van der Waals surface area (Å²) >= 11 is 0. The molecule has 0 radical (unpaired) electrons. The van der Waals surface area contributed by atoms with Crippen molar-refractivity contribution in [1.29, 1.82) is 0 Å². The van der Waals surface area contributed by atoms with Crippen molar-refractivity contribution in [2.75, 3.05) is 18.5 Å². The number of fused-ring (bicyclic) bond motifs is 3. The molecule has 0 amide bonds. The predicted molar refractivity (Wildman–Crippen MR) is 141 cm³/mol. The fraction of sp³-hybridized carbons (Fsp3) is 0.385. The molecular formula is C26H33N5O3S. The Labute approximate surface area is 206 Å². The fourth-order valence-corrected chi connectivity index (χ4v) is 4.70. The van der Waals surface area contributed by atoms with Crippen molar-refractivity contribution in [2.24, 2.45) is 0 Å². The second kappa shape index (κ2) is 11.0. The largest absolute Gasteiger partial charge is 0.489 e. The monoisotopic (exact) mass is 495 g/mol. The van der Waals surface area contributed by atoms with E-state index < -0.39 is 10.0 Å². The number of unbranched alkanes of at least 4 members (excludes halogenated alkanes) is 2. The Hall–Kier alpha value is -3.17. The maximum absolute atomic E-state index is 11.4. The Morgan fingerprint density at radius 2 is 1.86 bits per heavy atom. The van der Waals surface area contributed by atoms with E-state index in [-0.39, 0.29) is 0 Å². The molecule has 0 aliphatic carbocycles. The first-order valence-electron chi connectivity index (χ1n) is 12.1. The smallest absolute Gasteiger partial charge is 0.208 e. The maximum atomic E-state index is 11.4. The van der Waals surface area contributed by atoms with Crippen LogP contribution in [0.5, 0.6) is 5.75 Å². The molecule has 35 heavy (non-hydrogen) atoms. The molecule has 0 spiro atoms. The van der Waals surface area contributed by atoms with Gasteiger partial charge in [0.1, 0.15) is 23.7 Å². The molecule has 9 heteroatoms. The standard InChI is InChI=1S/C26H33N5O3S/c1-3-4-12-23-30-24-25(31(23)16-9-8-15-28-35(2,32)33)21-17-20(13-14-22(21)29-26(24)27)34-18-19-10-6-5-7-11-19/h5-7,10-11,13-14,17,28H,3-4,8-9,12,15-16,18H2,1-2H3,(H2,27,29). The van der Waals surface area contributed by atoms with Gasteiger partial charge in [0.05, 0.1) is 17.3 Å². The third kappa shape index (κ3) is 6.29. The highest BCUT2D eigenvalue weighted by Gasteiger charge is 2.18. The number of rotatable bonds is 12. The van der Waals surface area contributed by atoms with Crippen LogP contribution in [0.2, 0.25) is 0 Å². The molecular weight excluding hydrogens is 462 g/mol. The SMILES string of the molecule is CCCCc1nc2c(N)nc3ccc(OCc4ccccc4)cc3c2n1CCCCNS(C)(=O)=O. The lowest BCUT2D eigenvalue weighted by atomic mass is 10.1. The van der Waals surface area contributed by atoms with E-state index in [0.717, 1.165) is 65.7 Å². The number of aromatic nitrogens is 3. The Kier molecular flexibility index (Phi) is 7.87. The number of benzene rings is 2. The van der Waals surface area contributed by atoms with Gasteiger partial charge in [-0.15, -0.1) is 0 Å². The second-order valence-electron chi connectivity index (χ2n) is 8.80. The third-order valence-electron chi connectivity index (χ3n) is 5.93. The van der Waals surface area contributed by atoms with Gasteiger partial charge in [-0.1, -0.05) is 43.7 Å². The summed E-state index contributed by atoms with van der Waals surface area (Å²) in [6, 6.07) is 15.9. The van der Waals surface area contributed by atoms with Crippen molar-refractivity contribution in [3.05, 3.63) is 59.9 Å². The van der Waals surface area contributed by atoms with Crippen LogP contribution in [-0.2, 0) is 29.6 Å². The normalized spacial score (nSPS) is 11.9. The number of anilines is 1. The number of hydrogen-bond donors (Lipinski definition) is 2. The molecule has 0 fully saturated rings. The quantitative estimate of drug-likeness (QED) is 0.281. The average molecular weight is 496 g/mol. The Bertz CT molecular complexity index is 1400. The first-order valence-corrected chi connectivity index (χ1v) is 13.9. The lowest BCUT2D eigenvalue weighted by Crippen LogP contribution is -2.23. The molecule has 4 aromatic rings. The predicted octanol–water partition coefficient (Wildman–Crippen LogP) is 4.42. The Morgan fingerprint density at radius 3 is 2.60 bits per heavy atom. The molecule has 2 aromatic carbocycles. The van der Waals surface area contributed by atoms with Crippen LogP contribution in [-0.4, -0.2) is 35.8 Å². The summed E-state index contributed by atoms with van der Waals surface area (Å²) in [5.74, 6) is 2.16. The number of hydrogen-bond acceptors (Lipinski definition) is 6. The van der Waals surface area contributed by atoms with Gasteiger partial charge in [0, 0.05) is 24.9 Å².